The summed E-state index contributed by atoms with van der Waals surface area (Å²) >= 11 is 6.50. The van der Waals surface area contributed by atoms with Crippen molar-refractivity contribution in [3.63, 3.8) is 0 Å². The lowest BCUT2D eigenvalue weighted by molar-refractivity contribution is -0.123. The minimum absolute atomic E-state index is 0.241. The van der Waals surface area contributed by atoms with E-state index in [-0.39, 0.29) is 17.7 Å². The molecule has 1 aliphatic rings. The Hall–Kier alpha value is -1.78. The number of carbonyl (C=O) groups is 2. The number of thioether (sulfide) groups is 1. The lowest BCUT2D eigenvalue weighted by atomic mass is 10.1. The lowest BCUT2D eigenvalue weighted by Crippen LogP contribution is -2.27. The van der Waals surface area contributed by atoms with Crippen LogP contribution in [0.5, 0.6) is 11.5 Å². The maximum atomic E-state index is 12.8. The topological polar surface area (TPSA) is 55.8 Å². The Bertz CT molecular complexity index is 1010. The molecule has 0 bridgehead atoms. The van der Waals surface area contributed by atoms with Gasteiger partial charge in [0.2, 0.25) is 0 Å². The lowest BCUT2D eigenvalue weighted by Gasteiger charge is -2.14. The van der Waals surface area contributed by atoms with Gasteiger partial charge in [-0.25, -0.2) is 0 Å². The minimum Gasteiger partial charge on any atom is -0.490 e. The van der Waals surface area contributed by atoms with Gasteiger partial charge in [0.15, 0.2) is 11.5 Å². The van der Waals surface area contributed by atoms with Crippen LogP contribution in [0.1, 0.15) is 18.1 Å². The Labute approximate surface area is 201 Å². The first-order chi connectivity index (χ1) is 14.4. The Morgan fingerprint density at radius 3 is 2.60 bits per heavy atom. The van der Waals surface area contributed by atoms with Gasteiger partial charge in [-0.15, -0.1) is 0 Å². The molecular weight excluding hydrogens is 581 g/mol. The molecular formula is C22H19BrINO4S. The van der Waals surface area contributed by atoms with Crippen LogP contribution in [0, 0.1) is 3.57 Å². The molecule has 0 spiro atoms. The number of imide groups is 1. The van der Waals surface area contributed by atoms with Gasteiger partial charge in [-0.3, -0.25) is 14.5 Å². The van der Waals surface area contributed by atoms with Crippen LogP contribution < -0.4 is 9.47 Å². The van der Waals surface area contributed by atoms with E-state index in [1.807, 2.05) is 43.3 Å². The summed E-state index contributed by atoms with van der Waals surface area (Å²) < 4.78 is 13.2. The fourth-order valence-electron chi connectivity index (χ4n) is 2.78. The van der Waals surface area contributed by atoms with E-state index in [9.17, 15) is 9.59 Å². The summed E-state index contributed by atoms with van der Waals surface area (Å²) in [6.07, 6.45) is 3.38. The second-order valence-electron chi connectivity index (χ2n) is 6.26. The summed E-state index contributed by atoms with van der Waals surface area (Å²) in [5.74, 6) is 0.928. The van der Waals surface area contributed by atoms with Crippen LogP contribution in [0.4, 0.5) is 4.79 Å². The van der Waals surface area contributed by atoms with Crippen LogP contribution >= 0.6 is 50.3 Å². The molecule has 156 valence electrons. The molecule has 0 aromatic heterocycles. The molecule has 0 unspecified atom stereocenters. The van der Waals surface area contributed by atoms with Crippen molar-refractivity contribution in [2.45, 2.75) is 13.5 Å². The van der Waals surface area contributed by atoms with Gasteiger partial charge in [0, 0.05) is 4.47 Å². The number of hydrogen-bond donors (Lipinski definition) is 0. The Morgan fingerprint density at radius 1 is 1.20 bits per heavy atom. The van der Waals surface area contributed by atoms with Crippen molar-refractivity contribution in [2.24, 2.45) is 0 Å². The normalized spacial score (nSPS) is 15.0. The van der Waals surface area contributed by atoms with E-state index in [1.54, 1.807) is 12.2 Å². The van der Waals surface area contributed by atoms with E-state index >= 15 is 0 Å². The minimum atomic E-state index is -0.298. The van der Waals surface area contributed by atoms with Gasteiger partial charge in [0.1, 0.15) is 6.61 Å². The highest BCUT2D eigenvalue weighted by Gasteiger charge is 2.35. The maximum Gasteiger partial charge on any atom is 0.293 e. The molecule has 5 nitrogen and oxygen atoms in total. The van der Waals surface area contributed by atoms with Crippen molar-refractivity contribution in [2.75, 3.05) is 13.2 Å². The summed E-state index contributed by atoms with van der Waals surface area (Å²) in [6.45, 7) is 6.65. The molecule has 1 aliphatic heterocycles. The number of halogens is 2. The molecule has 0 radical (unpaired) electrons. The average molecular weight is 600 g/mol. The zero-order valence-electron chi connectivity index (χ0n) is 16.2. The molecule has 2 aromatic rings. The molecule has 1 heterocycles. The van der Waals surface area contributed by atoms with Gasteiger partial charge in [0.25, 0.3) is 11.1 Å². The number of hydrogen-bond acceptors (Lipinski definition) is 5. The van der Waals surface area contributed by atoms with Crippen molar-refractivity contribution >= 4 is 67.5 Å². The number of carbonyl (C=O) groups excluding carboxylic acids is 2. The summed E-state index contributed by atoms with van der Waals surface area (Å²) in [4.78, 5) is 26.9. The van der Waals surface area contributed by atoms with E-state index in [2.05, 4.69) is 45.1 Å². The summed E-state index contributed by atoms with van der Waals surface area (Å²) in [7, 11) is 0. The van der Waals surface area contributed by atoms with E-state index in [0.29, 0.717) is 29.6 Å². The van der Waals surface area contributed by atoms with Crippen LogP contribution in [-0.2, 0) is 11.3 Å². The molecule has 30 heavy (non-hydrogen) atoms. The molecule has 1 saturated heterocycles. The summed E-state index contributed by atoms with van der Waals surface area (Å²) in [6, 6.07) is 11.2. The first kappa shape index (κ1) is 22.9. The maximum absolute atomic E-state index is 12.8. The first-order valence-corrected chi connectivity index (χ1v) is 11.8. The van der Waals surface area contributed by atoms with Crippen LogP contribution in [0.2, 0.25) is 0 Å². The Balaban J connectivity index is 1.85. The molecule has 1 fully saturated rings. The smallest absolute Gasteiger partial charge is 0.293 e. The van der Waals surface area contributed by atoms with Crippen molar-refractivity contribution < 1.29 is 19.1 Å². The zero-order chi connectivity index (χ0) is 21.7. The predicted octanol–water partition coefficient (Wildman–Crippen LogP) is 6.25. The van der Waals surface area contributed by atoms with Gasteiger partial charge >= 0.3 is 0 Å². The van der Waals surface area contributed by atoms with Crippen LogP contribution in [-0.4, -0.2) is 29.3 Å². The van der Waals surface area contributed by atoms with E-state index in [4.69, 9.17) is 9.47 Å². The average Bonchev–Trinajstić information content (AvgIpc) is 2.96. The van der Waals surface area contributed by atoms with Gasteiger partial charge in [-0.2, -0.15) is 0 Å². The monoisotopic (exact) mass is 599 g/mol. The Morgan fingerprint density at radius 2 is 1.93 bits per heavy atom. The largest absolute Gasteiger partial charge is 0.490 e. The molecule has 2 aromatic carbocycles. The van der Waals surface area contributed by atoms with Crippen molar-refractivity contribution in [3.05, 3.63) is 73.1 Å². The fourth-order valence-corrected chi connectivity index (χ4v) is 4.66. The van der Waals surface area contributed by atoms with Crippen LogP contribution in [0.15, 0.2) is 58.4 Å². The van der Waals surface area contributed by atoms with E-state index in [0.717, 1.165) is 30.9 Å². The van der Waals surface area contributed by atoms with Crippen molar-refractivity contribution in [1.82, 2.24) is 4.90 Å². The third-order valence-electron chi connectivity index (χ3n) is 4.10. The third kappa shape index (κ3) is 5.47. The number of ether oxygens (including phenoxy) is 2. The van der Waals surface area contributed by atoms with E-state index in [1.165, 1.54) is 4.90 Å². The van der Waals surface area contributed by atoms with Crippen molar-refractivity contribution in [3.8, 4) is 11.5 Å². The number of nitrogens with zero attached hydrogens (tertiary/aromatic N) is 1. The molecule has 0 N–H and O–H groups in total. The summed E-state index contributed by atoms with van der Waals surface area (Å²) in [5.41, 5.74) is 1.65. The zero-order valence-corrected chi connectivity index (χ0v) is 20.8. The second-order valence-corrected chi connectivity index (χ2v) is 9.33. The second kappa shape index (κ2) is 10.5. The van der Waals surface area contributed by atoms with Crippen LogP contribution in [0.25, 0.3) is 6.08 Å². The van der Waals surface area contributed by atoms with E-state index < -0.39 is 0 Å². The van der Waals surface area contributed by atoms with Gasteiger partial charge in [-0.05, 0) is 82.7 Å². The molecule has 0 atom stereocenters. The summed E-state index contributed by atoms with van der Waals surface area (Å²) in [5, 5.41) is -0.278. The third-order valence-corrected chi connectivity index (χ3v) is 6.34. The molecule has 8 heteroatoms. The molecule has 3 rings (SSSR count). The highest BCUT2D eigenvalue weighted by atomic mass is 127. The molecule has 2 amide bonds. The fraction of sp³-hybridized carbons (Fsp3) is 0.182. The number of amides is 2. The van der Waals surface area contributed by atoms with Gasteiger partial charge in [0.05, 0.1) is 21.6 Å². The first-order valence-electron chi connectivity index (χ1n) is 9.12. The SMILES string of the molecule is C=CCOc1c(I)cc(/C=C2\SC(=O)N(Cc3ccc(Br)cc3)C2=O)cc1OCC. The standard InChI is InChI=1S/C22H19BrINO4S/c1-3-9-29-20-17(24)10-15(11-18(20)28-4-2)12-19-21(26)25(22(27)30-19)13-14-5-7-16(23)8-6-14/h3,5-8,10-12H,1,4,9,13H2,2H3/b19-12-. The van der Waals surface area contributed by atoms with Gasteiger partial charge in [-0.1, -0.05) is 40.7 Å². The van der Waals surface area contributed by atoms with Gasteiger partial charge < -0.3 is 9.47 Å². The number of rotatable bonds is 8. The number of benzene rings is 2. The molecule has 0 saturated carbocycles. The quantitative estimate of drug-likeness (QED) is 0.204. The molecule has 0 aliphatic carbocycles. The van der Waals surface area contributed by atoms with Crippen LogP contribution in [0.3, 0.4) is 0 Å². The predicted molar refractivity (Wildman–Crippen MR) is 132 cm³/mol. The van der Waals surface area contributed by atoms with Crippen molar-refractivity contribution in [1.29, 1.82) is 0 Å². The highest BCUT2D eigenvalue weighted by Crippen LogP contribution is 2.38. The highest BCUT2D eigenvalue weighted by molar-refractivity contribution is 14.1. The Kier molecular flexibility index (Phi) is 8.01.